The molecule has 1 aromatic carbocycles. The van der Waals surface area contributed by atoms with Crippen molar-refractivity contribution in [1.82, 2.24) is 4.90 Å². The van der Waals surface area contributed by atoms with Crippen LogP contribution in [0.15, 0.2) is 34.5 Å². The van der Waals surface area contributed by atoms with E-state index >= 15 is 0 Å². The first-order valence-electron chi connectivity index (χ1n) is 5.61. The Kier molecular flexibility index (Phi) is 3.61. The molecule has 0 spiro atoms. The summed E-state index contributed by atoms with van der Waals surface area (Å²) >= 11 is 0. The Bertz CT molecular complexity index is 662. The van der Waals surface area contributed by atoms with Crippen LogP contribution in [0, 0.1) is 27.4 Å². The average molecular weight is 275 g/mol. The number of nitrogens with zero attached hydrogens (tertiary/aromatic N) is 4. The lowest BCUT2D eigenvalue weighted by atomic mass is 10.2. The predicted octanol–water partition coefficient (Wildman–Crippen LogP) is 1.45. The van der Waals surface area contributed by atoms with E-state index in [-0.39, 0.29) is 11.4 Å². The van der Waals surface area contributed by atoms with Crippen LogP contribution >= 0.6 is 0 Å². The molecule has 0 saturated carbocycles. The topological polar surface area (TPSA) is 109 Å². The molecule has 0 aromatic heterocycles. The SMILES string of the molecule is N#CN1CC(N)=C(C=Nc2ccc([N+](=O)[O-])cc2F)C1. The van der Waals surface area contributed by atoms with Crippen LogP contribution in [-0.2, 0) is 0 Å². The average Bonchev–Trinajstić information content (AvgIpc) is 2.78. The predicted molar refractivity (Wildman–Crippen MR) is 69.6 cm³/mol. The van der Waals surface area contributed by atoms with Gasteiger partial charge in [-0.15, -0.1) is 0 Å². The van der Waals surface area contributed by atoms with Crippen molar-refractivity contribution in [3.63, 3.8) is 0 Å². The van der Waals surface area contributed by atoms with Gasteiger partial charge in [0, 0.05) is 23.6 Å². The minimum absolute atomic E-state index is 0.0219. The minimum Gasteiger partial charge on any atom is -0.400 e. The fourth-order valence-corrected chi connectivity index (χ4v) is 1.73. The van der Waals surface area contributed by atoms with Gasteiger partial charge in [0.05, 0.1) is 29.8 Å². The maximum absolute atomic E-state index is 13.6. The van der Waals surface area contributed by atoms with Crippen LogP contribution < -0.4 is 5.73 Å². The van der Waals surface area contributed by atoms with Crippen LogP contribution in [-0.4, -0.2) is 29.1 Å². The largest absolute Gasteiger partial charge is 0.400 e. The number of non-ortho nitro benzene ring substituents is 1. The first-order chi connectivity index (χ1) is 9.51. The highest BCUT2D eigenvalue weighted by Crippen LogP contribution is 2.23. The third-order valence-electron chi connectivity index (χ3n) is 2.78. The van der Waals surface area contributed by atoms with Crippen LogP contribution in [0.3, 0.4) is 0 Å². The van der Waals surface area contributed by atoms with Crippen LogP contribution in [0.5, 0.6) is 0 Å². The molecule has 0 aliphatic carbocycles. The Labute approximate surface area is 113 Å². The third-order valence-corrected chi connectivity index (χ3v) is 2.78. The highest BCUT2D eigenvalue weighted by molar-refractivity contribution is 5.83. The number of benzene rings is 1. The molecule has 0 unspecified atom stereocenters. The zero-order valence-electron chi connectivity index (χ0n) is 10.3. The molecule has 7 nitrogen and oxygen atoms in total. The monoisotopic (exact) mass is 275 g/mol. The smallest absolute Gasteiger partial charge is 0.272 e. The molecule has 1 aliphatic heterocycles. The van der Waals surface area contributed by atoms with E-state index in [4.69, 9.17) is 11.0 Å². The second kappa shape index (κ2) is 5.36. The highest BCUT2D eigenvalue weighted by atomic mass is 19.1. The summed E-state index contributed by atoms with van der Waals surface area (Å²) in [6, 6.07) is 3.20. The second-order valence-electron chi connectivity index (χ2n) is 4.16. The summed E-state index contributed by atoms with van der Waals surface area (Å²) in [6.07, 6.45) is 3.33. The van der Waals surface area contributed by atoms with Crippen molar-refractivity contribution in [2.75, 3.05) is 13.1 Å². The van der Waals surface area contributed by atoms with Gasteiger partial charge in [0.15, 0.2) is 12.0 Å². The zero-order valence-corrected chi connectivity index (χ0v) is 10.3. The van der Waals surface area contributed by atoms with Gasteiger partial charge in [-0.05, 0) is 6.07 Å². The van der Waals surface area contributed by atoms with Crippen molar-refractivity contribution in [2.45, 2.75) is 0 Å². The summed E-state index contributed by atoms with van der Waals surface area (Å²) in [7, 11) is 0. The number of hydrogen-bond acceptors (Lipinski definition) is 6. The van der Waals surface area contributed by atoms with E-state index in [1.54, 1.807) is 0 Å². The molecule has 8 heteroatoms. The number of aliphatic imine (C=N–C) groups is 1. The van der Waals surface area contributed by atoms with Gasteiger partial charge >= 0.3 is 0 Å². The number of nitro groups is 1. The fourth-order valence-electron chi connectivity index (χ4n) is 1.73. The Morgan fingerprint density at radius 2 is 2.30 bits per heavy atom. The molecular weight excluding hydrogens is 265 g/mol. The third kappa shape index (κ3) is 2.72. The number of nitriles is 1. The molecule has 0 fully saturated rings. The van der Waals surface area contributed by atoms with Crippen molar-refractivity contribution in [1.29, 1.82) is 5.26 Å². The van der Waals surface area contributed by atoms with Crippen LogP contribution in [0.25, 0.3) is 0 Å². The Morgan fingerprint density at radius 1 is 1.55 bits per heavy atom. The maximum Gasteiger partial charge on any atom is 0.272 e. The summed E-state index contributed by atoms with van der Waals surface area (Å²) in [6.45, 7) is 0.640. The first-order valence-corrected chi connectivity index (χ1v) is 5.61. The maximum atomic E-state index is 13.6. The molecule has 0 amide bonds. The fraction of sp³-hybridized carbons (Fsp3) is 0.167. The normalized spacial score (nSPS) is 14.9. The van der Waals surface area contributed by atoms with Crippen LogP contribution in [0.4, 0.5) is 15.8 Å². The highest BCUT2D eigenvalue weighted by Gasteiger charge is 2.17. The molecule has 102 valence electrons. The lowest BCUT2D eigenvalue weighted by Crippen LogP contribution is -2.15. The standard InChI is InChI=1S/C12H10FN5O2/c13-10-3-9(18(19)20)1-2-12(10)16-4-8-5-17(7-14)6-11(8)15/h1-4H,5-6,15H2. The molecular formula is C12H10FN5O2. The number of halogens is 1. The summed E-state index contributed by atoms with van der Waals surface area (Å²) in [5.41, 5.74) is 6.49. The summed E-state index contributed by atoms with van der Waals surface area (Å²) in [5, 5.41) is 19.2. The van der Waals surface area contributed by atoms with Crippen molar-refractivity contribution in [2.24, 2.45) is 10.7 Å². The van der Waals surface area contributed by atoms with Crippen molar-refractivity contribution in [3.05, 3.63) is 45.4 Å². The van der Waals surface area contributed by atoms with Gasteiger partial charge in [0.2, 0.25) is 0 Å². The molecule has 2 N–H and O–H groups in total. The Hall–Kier alpha value is -2.95. The van der Waals surface area contributed by atoms with Gasteiger partial charge in [-0.1, -0.05) is 0 Å². The van der Waals surface area contributed by atoms with E-state index in [9.17, 15) is 14.5 Å². The first kappa shape index (κ1) is 13.5. The molecule has 20 heavy (non-hydrogen) atoms. The summed E-state index contributed by atoms with van der Waals surface area (Å²) in [4.78, 5) is 15.1. The van der Waals surface area contributed by atoms with Gasteiger partial charge in [-0.25, -0.2) is 4.39 Å². The van der Waals surface area contributed by atoms with E-state index < -0.39 is 10.7 Å². The molecule has 0 saturated heterocycles. The molecule has 1 aromatic rings. The second-order valence-corrected chi connectivity index (χ2v) is 4.16. The molecule has 0 atom stereocenters. The molecule has 1 aliphatic rings. The minimum atomic E-state index is -0.787. The van der Waals surface area contributed by atoms with E-state index in [0.717, 1.165) is 6.07 Å². The van der Waals surface area contributed by atoms with Gasteiger partial charge < -0.3 is 10.6 Å². The number of nitro benzene ring substituents is 1. The van der Waals surface area contributed by atoms with Gasteiger partial charge in [-0.3, -0.25) is 15.1 Å². The molecule has 0 bridgehead atoms. The van der Waals surface area contributed by atoms with Crippen LogP contribution in [0.2, 0.25) is 0 Å². The van der Waals surface area contributed by atoms with Crippen molar-refractivity contribution in [3.8, 4) is 6.19 Å². The van der Waals surface area contributed by atoms with E-state index in [0.29, 0.717) is 24.4 Å². The van der Waals surface area contributed by atoms with Crippen LogP contribution in [0.1, 0.15) is 0 Å². The molecule has 0 radical (unpaired) electrons. The number of nitrogens with two attached hydrogens (primary N) is 1. The van der Waals surface area contributed by atoms with Crippen molar-refractivity contribution >= 4 is 17.6 Å². The summed E-state index contributed by atoms with van der Waals surface area (Å²) < 4.78 is 13.6. The number of hydrogen-bond donors (Lipinski definition) is 1. The Balaban J connectivity index is 2.19. The van der Waals surface area contributed by atoms with E-state index in [2.05, 4.69) is 4.99 Å². The quantitative estimate of drug-likeness (QED) is 0.388. The van der Waals surface area contributed by atoms with Gasteiger partial charge in [0.1, 0.15) is 0 Å². The molecule has 2 rings (SSSR count). The Morgan fingerprint density at radius 3 is 2.85 bits per heavy atom. The van der Waals surface area contributed by atoms with Crippen molar-refractivity contribution < 1.29 is 9.31 Å². The summed E-state index contributed by atoms with van der Waals surface area (Å²) in [5.74, 6) is -0.787. The lowest BCUT2D eigenvalue weighted by Gasteiger charge is -2.03. The number of rotatable bonds is 3. The zero-order chi connectivity index (χ0) is 14.7. The molecule has 1 heterocycles. The lowest BCUT2D eigenvalue weighted by molar-refractivity contribution is -0.385. The van der Waals surface area contributed by atoms with Gasteiger partial charge in [0.25, 0.3) is 5.69 Å². The van der Waals surface area contributed by atoms with Gasteiger partial charge in [-0.2, -0.15) is 5.26 Å². The van der Waals surface area contributed by atoms with E-state index in [1.165, 1.54) is 23.2 Å². The van der Waals surface area contributed by atoms with E-state index in [1.807, 2.05) is 6.19 Å².